The summed E-state index contributed by atoms with van der Waals surface area (Å²) >= 11 is 0. The first kappa shape index (κ1) is 29.9. The third-order valence-corrected chi connectivity index (χ3v) is 8.21. The number of hydrogen-bond donors (Lipinski definition) is 3. The van der Waals surface area contributed by atoms with Crippen molar-refractivity contribution in [3.05, 3.63) is 72.3 Å². The number of nitrogens with zero attached hydrogens (tertiary/aromatic N) is 5. The highest BCUT2D eigenvalue weighted by Gasteiger charge is 2.22. The molecule has 0 bridgehead atoms. The summed E-state index contributed by atoms with van der Waals surface area (Å²) in [5.41, 5.74) is 3.72. The maximum Gasteiger partial charge on any atom is 0.224 e. The highest BCUT2D eigenvalue weighted by atomic mass is 32.2. The molecule has 14 heteroatoms. The molecule has 45 heavy (non-hydrogen) atoms. The number of H-pyrrole nitrogens is 2. The minimum atomic E-state index is -3.24. The van der Waals surface area contributed by atoms with Gasteiger partial charge in [-0.05, 0) is 48.2 Å². The summed E-state index contributed by atoms with van der Waals surface area (Å²) in [7, 11) is -3.24. The Hall–Kier alpha value is -5.11. The quantitative estimate of drug-likeness (QED) is 0.176. The van der Waals surface area contributed by atoms with Gasteiger partial charge in [0.05, 0.1) is 28.5 Å². The third kappa shape index (κ3) is 6.41. The number of nitrogens with one attached hydrogen (secondary N) is 3. The molecule has 0 fully saturated rings. The van der Waals surface area contributed by atoms with Crippen LogP contribution in [0.5, 0.6) is 0 Å². The summed E-state index contributed by atoms with van der Waals surface area (Å²) in [6, 6.07) is 7.68. The molecule has 0 saturated carbocycles. The lowest BCUT2D eigenvalue weighted by atomic mass is 10.0. The molecule has 230 valence electrons. The number of amides is 1. The number of imidazole rings is 1. The fourth-order valence-electron chi connectivity index (χ4n) is 5.06. The molecule has 0 saturated heterocycles. The van der Waals surface area contributed by atoms with Gasteiger partial charge in [0.1, 0.15) is 27.2 Å². The SMILES string of the molecule is CCCCC(=O)Nc1cncc(-c2cnc3n[nH]c(-c4nc5nccc(-c6cc(F)cc(CCS(C)(=O)=O)c6)c5[nH]4)c3c2F)c1. The second-order valence-electron chi connectivity index (χ2n) is 10.8. The van der Waals surface area contributed by atoms with E-state index in [-0.39, 0.29) is 46.2 Å². The van der Waals surface area contributed by atoms with Gasteiger partial charge >= 0.3 is 0 Å². The van der Waals surface area contributed by atoms with Crippen molar-refractivity contribution < 1.29 is 22.0 Å². The standard InChI is InChI=1S/C31H28F2N8O3S/c1-3-4-5-24(42)37-21-13-19(14-34-15-21)23-16-36-29-25(26(23)33)28(40-41-29)31-38-27-22(6-8-35-30(27)39-31)18-10-17(11-20(32)12-18)7-9-45(2,43)44/h6,8,10-16H,3-5,7,9H2,1-2H3,(H,37,42)(H,35,38,39)(H,36,40,41). The number of pyridine rings is 3. The first-order chi connectivity index (χ1) is 21.6. The molecule has 0 unspecified atom stereocenters. The maximum atomic E-state index is 16.2. The number of aromatic nitrogens is 7. The van der Waals surface area contributed by atoms with Gasteiger partial charge in [-0.1, -0.05) is 19.4 Å². The predicted octanol–water partition coefficient (Wildman–Crippen LogP) is 5.62. The first-order valence-electron chi connectivity index (χ1n) is 14.2. The summed E-state index contributed by atoms with van der Waals surface area (Å²) < 4.78 is 54.1. The van der Waals surface area contributed by atoms with Crippen LogP contribution < -0.4 is 5.32 Å². The van der Waals surface area contributed by atoms with Crippen molar-refractivity contribution in [1.29, 1.82) is 0 Å². The van der Waals surface area contributed by atoms with Crippen LogP contribution in [0.2, 0.25) is 0 Å². The number of benzene rings is 1. The Balaban J connectivity index is 1.38. The molecular formula is C31H28F2N8O3S. The largest absolute Gasteiger partial charge is 0.335 e. The van der Waals surface area contributed by atoms with Gasteiger partial charge < -0.3 is 10.3 Å². The van der Waals surface area contributed by atoms with Gasteiger partial charge in [0, 0.05) is 48.0 Å². The van der Waals surface area contributed by atoms with Crippen LogP contribution in [0.4, 0.5) is 14.5 Å². The number of hydrogen-bond acceptors (Lipinski definition) is 8. The van der Waals surface area contributed by atoms with Crippen LogP contribution in [0.15, 0.2) is 55.1 Å². The molecule has 0 aliphatic rings. The zero-order valence-corrected chi connectivity index (χ0v) is 25.2. The van der Waals surface area contributed by atoms with E-state index in [4.69, 9.17) is 0 Å². The molecule has 0 radical (unpaired) electrons. The third-order valence-electron chi connectivity index (χ3n) is 7.27. The highest BCUT2D eigenvalue weighted by Crippen LogP contribution is 2.35. The van der Waals surface area contributed by atoms with E-state index >= 15 is 4.39 Å². The molecule has 0 aliphatic carbocycles. The van der Waals surface area contributed by atoms with Crippen LogP contribution in [0.25, 0.3) is 56.0 Å². The zero-order valence-electron chi connectivity index (χ0n) is 24.4. The van der Waals surface area contributed by atoms with Crippen LogP contribution in [0.1, 0.15) is 31.7 Å². The number of aromatic amines is 2. The Kier molecular flexibility index (Phi) is 8.06. The fourth-order valence-corrected chi connectivity index (χ4v) is 5.67. The normalized spacial score (nSPS) is 11.8. The van der Waals surface area contributed by atoms with Crippen molar-refractivity contribution in [3.63, 3.8) is 0 Å². The molecule has 11 nitrogen and oxygen atoms in total. The van der Waals surface area contributed by atoms with Gasteiger partial charge in [0.15, 0.2) is 17.1 Å². The van der Waals surface area contributed by atoms with Crippen molar-refractivity contribution in [1.82, 2.24) is 35.1 Å². The van der Waals surface area contributed by atoms with Crippen molar-refractivity contribution in [2.24, 2.45) is 0 Å². The van der Waals surface area contributed by atoms with Crippen LogP contribution in [0, 0.1) is 11.6 Å². The molecular weight excluding hydrogens is 602 g/mol. The summed E-state index contributed by atoms with van der Waals surface area (Å²) in [5.74, 6) is -1.16. The van der Waals surface area contributed by atoms with E-state index in [0.717, 1.165) is 19.1 Å². The number of aryl methyl sites for hydroxylation is 1. The number of sulfone groups is 1. The van der Waals surface area contributed by atoms with Gasteiger partial charge in [-0.2, -0.15) is 5.10 Å². The summed E-state index contributed by atoms with van der Waals surface area (Å²) in [5, 5.41) is 9.85. The van der Waals surface area contributed by atoms with Gasteiger partial charge in [0.25, 0.3) is 0 Å². The molecule has 5 heterocycles. The second-order valence-corrected chi connectivity index (χ2v) is 13.0. The Morgan fingerprint density at radius 3 is 2.64 bits per heavy atom. The lowest BCUT2D eigenvalue weighted by Gasteiger charge is -2.08. The lowest BCUT2D eigenvalue weighted by molar-refractivity contribution is -0.116. The molecule has 1 aromatic carbocycles. The van der Waals surface area contributed by atoms with E-state index < -0.39 is 21.5 Å². The molecule has 0 aliphatic heterocycles. The van der Waals surface area contributed by atoms with Gasteiger partial charge in [-0.3, -0.25) is 14.9 Å². The number of rotatable bonds is 10. The van der Waals surface area contributed by atoms with Crippen LogP contribution in [-0.2, 0) is 21.1 Å². The summed E-state index contributed by atoms with van der Waals surface area (Å²) in [6.45, 7) is 2.00. The minimum absolute atomic E-state index is 0.0827. The average molecular weight is 631 g/mol. The van der Waals surface area contributed by atoms with Crippen molar-refractivity contribution in [3.8, 4) is 33.8 Å². The number of anilines is 1. The Morgan fingerprint density at radius 1 is 1.00 bits per heavy atom. The molecule has 6 aromatic rings. The van der Waals surface area contributed by atoms with E-state index in [9.17, 15) is 17.6 Å². The number of fused-ring (bicyclic) bond motifs is 2. The van der Waals surface area contributed by atoms with Gasteiger partial charge in [-0.15, -0.1) is 0 Å². The molecule has 0 spiro atoms. The van der Waals surface area contributed by atoms with Crippen molar-refractivity contribution >= 4 is 43.6 Å². The van der Waals surface area contributed by atoms with E-state index in [1.54, 1.807) is 18.2 Å². The Morgan fingerprint density at radius 2 is 1.84 bits per heavy atom. The topological polar surface area (TPSA) is 159 Å². The summed E-state index contributed by atoms with van der Waals surface area (Å²) in [4.78, 5) is 32.8. The van der Waals surface area contributed by atoms with E-state index in [2.05, 4.69) is 40.4 Å². The van der Waals surface area contributed by atoms with E-state index in [0.29, 0.717) is 45.5 Å². The second kappa shape index (κ2) is 12.1. The Labute approximate surface area is 256 Å². The molecule has 0 atom stereocenters. The highest BCUT2D eigenvalue weighted by molar-refractivity contribution is 7.90. The lowest BCUT2D eigenvalue weighted by Crippen LogP contribution is -2.11. The van der Waals surface area contributed by atoms with Crippen molar-refractivity contribution in [2.75, 3.05) is 17.3 Å². The number of carbonyl (C=O) groups is 1. The van der Waals surface area contributed by atoms with E-state index in [1.165, 1.54) is 36.9 Å². The summed E-state index contributed by atoms with van der Waals surface area (Å²) in [6.07, 6.45) is 9.16. The predicted molar refractivity (Wildman–Crippen MR) is 167 cm³/mol. The van der Waals surface area contributed by atoms with Crippen LogP contribution in [0.3, 0.4) is 0 Å². The van der Waals surface area contributed by atoms with Gasteiger partial charge in [-0.25, -0.2) is 32.2 Å². The van der Waals surface area contributed by atoms with Crippen LogP contribution in [-0.4, -0.2) is 61.5 Å². The average Bonchev–Trinajstić information content (AvgIpc) is 3.63. The Bertz CT molecular complexity index is 2180. The molecule has 3 N–H and O–H groups in total. The molecule has 5 aromatic heterocycles. The first-order valence-corrected chi connectivity index (χ1v) is 16.3. The monoisotopic (exact) mass is 630 g/mol. The fraction of sp³-hybridized carbons (Fsp3) is 0.226. The molecule has 1 amide bonds. The number of halogens is 2. The van der Waals surface area contributed by atoms with Gasteiger partial charge in [0.2, 0.25) is 5.91 Å². The smallest absolute Gasteiger partial charge is 0.224 e. The zero-order chi connectivity index (χ0) is 31.7. The number of unbranched alkanes of at least 4 members (excludes halogenated alkanes) is 1. The van der Waals surface area contributed by atoms with E-state index in [1.807, 2.05) is 6.92 Å². The molecule has 6 rings (SSSR count). The van der Waals surface area contributed by atoms with Crippen molar-refractivity contribution in [2.45, 2.75) is 32.6 Å². The maximum absolute atomic E-state index is 16.2. The van der Waals surface area contributed by atoms with Crippen LogP contribution >= 0.6 is 0 Å². The number of carbonyl (C=O) groups excluding carboxylic acids is 1. The minimum Gasteiger partial charge on any atom is -0.335 e.